The maximum atomic E-state index is 12.4. The summed E-state index contributed by atoms with van der Waals surface area (Å²) in [6.07, 6.45) is -7.66. The molecule has 0 amide bonds. The summed E-state index contributed by atoms with van der Waals surface area (Å²) in [6, 6.07) is 59.6. The van der Waals surface area contributed by atoms with Gasteiger partial charge in [-0.2, -0.15) is 0 Å². The highest BCUT2D eigenvalue weighted by Gasteiger charge is 2.52. The molecular formula is C55H60O10. The molecule has 2 aliphatic heterocycles. The monoisotopic (exact) mass is 880 g/mol. The molecule has 0 unspecified atom stereocenters. The minimum absolute atomic E-state index is 0.166. The summed E-state index contributed by atoms with van der Waals surface area (Å²) in [6.45, 7) is 1.52. The van der Waals surface area contributed by atoms with Crippen LogP contribution in [0.5, 0.6) is 0 Å². The molecule has 65 heavy (non-hydrogen) atoms. The van der Waals surface area contributed by atoms with E-state index in [4.69, 9.17) is 37.9 Å². The first-order chi connectivity index (χ1) is 32.1. The molecule has 2 aliphatic rings. The molecule has 6 aromatic carbocycles. The van der Waals surface area contributed by atoms with Crippen molar-refractivity contribution in [1.29, 1.82) is 0 Å². The van der Waals surface area contributed by atoms with E-state index in [-0.39, 0.29) is 46.1 Å². The molecule has 340 valence electrons. The van der Waals surface area contributed by atoms with Crippen molar-refractivity contribution >= 4 is 0 Å². The SMILES string of the molecule is OC[C@H]1O[C@@H](C[C@@H]2O[C@H](COCc3ccccc3)[C@@H](OCc3ccccc3)[C@H](OCc3ccccc3)[C@H]2OCc2ccccc2)[C@H](O)[C@@H](OCc2ccccc2)[C@@H]1OCc1ccccc1. The summed E-state index contributed by atoms with van der Waals surface area (Å²) in [7, 11) is 0. The van der Waals surface area contributed by atoms with Gasteiger partial charge in [-0.15, -0.1) is 0 Å². The van der Waals surface area contributed by atoms with Gasteiger partial charge in [0.05, 0.1) is 65.1 Å². The van der Waals surface area contributed by atoms with Crippen molar-refractivity contribution in [2.24, 2.45) is 0 Å². The number of aliphatic hydroxyl groups is 2. The number of aliphatic hydroxyl groups excluding tert-OH is 2. The lowest BCUT2D eigenvalue weighted by Crippen LogP contribution is -2.64. The second-order valence-corrected chi connectivity index (χ2v) is 16.6. The summed E-state index contributed by atoms with van der Waals surface area (Å²) in [5, 5.41) is 23.4. The van der Waals surface area contributed by atoms with Gasteiger partial charge >= 0.3 is 0 Å². The van der Waals surface area contributed by atoms with Crippen LogP contribution in [-0.4, -0.2) is 84.5 Å². The van der Waals surface area contributed by atoms with E-state index in [1.165, 1.54) is 0 Å². The van der Waals surface area contributed by atoms with Gasteiger partial charge in [0.15, 0.2) is 0 Å². The summed E-state index contributed by atoms with van der Waals surface area (Å²) < 4.78 is 54.1. The Morgan fingerprint density at radius 3 is 1.03 bits per heavy atom. The number of hydrogen-bond acceptors (Lipinski definition) is 10. The molecule has 2 saturated heterocycles. The van der Waals surface area contributed by atoms with Crippen LogP contribution in [0.15, 0.2) is 182 Å². The molecule has 0 aromatic heterocycles. The highest BCUT2D eigenvalue weighted by molar-refractivity contribution is 5.18. The van der Waals surface area contributed by atoms with E-state index in [1.807, 2.05) is 182 Å². The highest BCUT2D eigenvalue weighted by atomic mass is 16.6. The van der Waals surface area contributed by atoms with E-state index in [2.05, 4.69) is 0 Å². The van der Waals surface area contributed by atoms with Crippen LogP contribution in [-0.2, 0) is 77.5 Å². The summed E-state index contributed by atoms with van der Waals surface area (Å²) in [5.41, 5.74) is 5.89. The van der Waals surface area contributed by atoms with Gasteiger partial charge in [0.1, 0.15) is 48.8 Å². The van der Waals surface area contributed by atoms with Crippen molar-refractivity contribution in [3.63, 3.8) is 0 Å². The van der Waals surface area contributed by atoms with Gasteiger partial charge in [0.25, 0.3) is 0 Å². The van der Waals surface area contributed by atoms with Crippen molar-refractivity contribution in [2.45, 2.75) is 107 Å². The predicted octanol–water partition coefficient (Wildman–Crippen LogP) is 8.41. The number of ether oxygens (including phenoxy) is 8. The Labute approximate surface area is 382 Å². The zero-order valence-corrected chi connectivity index (χ0v) is 36.6. The first kappa shape index (κ1) is 46.4. The molecule has 2 heterocycles. The topological polar surface area (TPSA) is 114 Å². The average Bonchev–Trinajstić information content (AvgIpc) is 3.36. The maximum Gasteiger partial charge on any atom is 0.115 e. The van der Waals surface area contributed by atoms with E-state index < -0.39 is 61.0 Å². The Kier molecular flexibility index (Phi) is 17.5. The van der Waals surface area contributed by atoms with E-state index in [9.17, 15) is 10.2 Å². The Morgan fingerprint density at radius 2 is 0.646 bits per heavy atom. The molecule has 0 bridgehead atoms. The quantitative estimate of drug-likeness (QED) is 0.0690. The molecule has 10 nitrogen and oxygen atoms in total. The van der Waals surface area contributed by atoms with Gasteiger partial charge in [0.2, 0.25) is 0 Å². The first-order valence-electron chi connectivity index (χ1n) is 22.6. The van der Waals surface area contributed by atoms with Crippen LogP contribution in [0.1, 0.15) is 39.8 Å². The first-order valence-corrected chi connectivity index (χ1v) is 22.6. The van der Waals surface area contributed by atoms with Crippen molar-refractivity contribution in [1.82, 2.24) is 0 Å². The largest absolute Gasteiger partial charge is 0.394 e. The zero-order valence-electron chi connectivity index (χ0n) is 36.6. The standard InChI is InChI=1S/C55H60O10/c56-32-48-52(60-35-42-23-11-3-12-24-42)54(62-37-44-27-15-5-16-28-44)50(57)46(64-48)31-47-51(59-34-41-21-9-2-10-22-41)55(63-38-45-29-17-6-18-30-45)53(61-36-43-25-13-4-14-26-43)49(65-47)39-58-33-40-19-7-1-8-20-40/h1-30,46-57H,31-39H2/t46-,47-,48+,49+,50-,51-,52+,53+,54+,55+/m0/s1. The van der Waals surface area contributed by atoms with E-state index in [0.717, 1.165) is 33.4 Å². The second-order valence-electron chi connectivity index (χ2n) is 16.6. The molecular weight excluding hydrogens is 821 g/mol. The fourth-order valence-corrected chi connectivity index (χ4v) is 8.57. The third-order valence-electron chi connectivity index (χ3n) is 12.0. The van der Waals surface area contributed by atoms with Crippen LogP contribution < -0.4 is 0 Å². The van der Waals surface area contributed by atoms with Crippen molar-refractivity contribution < 1.29 is 48.1 Å². The molecule has 8 rings (SSSR count). The van der Waals surface area contributed by atoms with E-state index in [1.54, 1.807) is 0 Å². The second kappa shape index (κ2) is 24.4. The average molecular weight is 881 g/mol. The summed E-state index contributed by atoms with van der Waals surface area (Å²) >= 11 is 0. The van der Waals surface area contributed by atoms with Crippen molar-refractivity contribution in [3.8, 4) is 0 Å². The van der Waals surface area contributed by atoms with Crippen LogP contribution in [0.3, 0.4) is 0 Å². The summed E-state index contributed by atoms with van der Waals surface area (Å²) in [5.74, 6) is 0. The van der Waals surface area contributed by atoms with Gasteiger partial charge < -0.3 is 48.1 Å². The lowest BCUT2D eigenvalue weighted by Gasteiger charge is -2.49. The fourth-order valence-electron chi connectivity index (χ4n) is 8.57. The number of hydrogen-bond donors (Lipinski definition) is 2. The Balaban J connectivity index is 1.12. The Bertz CT molecular complexity index is 2200. The fraction of sp³-hybridized carbons (Fsp3) is 0.345. The van der Waals surface area contributed by atoms with Gasteiger partial charge in [-0.05, 0) is 33.4 Å². The molecule has 2 fully saturated rings. The zero-order chi connectivity index (χ0) is 44.5. The van der Waals surface area contributed by atoms with Crippen LogP contribution in [0, 0.1) is 0 Å². The smallest absolute Gasteiger partial charge is 0.115 e. The van der Waals surface area contributed by atoms with Crippen LogP contribution in [0.2, 0.25) is 0 Å². The molecule has 0 aliphatic carbocycles. The highest BCUT2D eigenvalue weighted by Crippen LogP contribution is 2.37. The predicted molar refractivity (Wildman–Crippen MR) is 246 cm³/mol. The third kappa shape index (κ3) is 13.3. The number of benzene rings is 6. The lowest BCUT2D eigenvalue weighted by molar-refractivity contribution is -0.293. The Hall–Kier alpha value is -5.08. The molecule has 10 heteroatoms. The van der Waals surface area contributed by atoms with Crippen molar-refractivity contribution in [3.05, 3.63) is 215 Å². The summed E-state index contributed by atoms with van der Waals surface area (Å²) in [4.78, 5) is 0. The van der Waals surface area contributed by atoms with Crippen LogP contribution in [0.25, 0.3) is 0 Å². The molecule has 0 spiro atoms. The van der Waals surface area contributed by atoms with E-state index in [0.29, 0.717) is 13.2 Å². The maximum absolute atomic E-state index is 12.4. The van der Waals surface area contributed by atoms with E-state index >= 15 is 0 Å². The normalized spacial score (nSPS) is 25.6. The number of rotatable bonds is 22. The van der Waals surface area contributed by atoms with Gasteiger partial charge in [-0.3, -0.25) is 0 Å². The van der Waals surface area contributed by atoms with Crippen molar-refractivity contribution in [2.75, 3.05) is 13.2 Å². The van der Waals surface area contributed by atoms with Gasteiger partial charge in [-0.25, -0.2) is 0 Å². The van der Waals surface area contributed by atoms with Crippen LogP contribution >= 0.6 is 0 Å². The lowest BCUT2D eigenvalue weighted by atomic mass is 9.87. The molecule has 0 radical (unpaired) electrons. The molecule has 10 atom stereocenters. The van der Waals surface area contributed by atoms with Crippen LogP contribution in [0.4, 0.5) is 0 Å². The van der Waals surface area contributed by atoms with Gasteiger partial charge in [0, 0.05) is 6.42 Å². The molecule has 6 aromatic rings. The molecule has 0 saturated carbocycles. The minimum Gasteiger partial charge on any atom is -0.394 e. The van der Waals surface area contributed by atoms with Gasteiger partial charge in [-0.1, -0.05) is 182 Å². The minimum atomic E-state index is -1.18. The molecule has 2 N–H and O–H groups in total. The third-order valence-corrected chi connectivity index (χ3v) is 12.0. The Morgan fingerprint density at radius 1 is 0.338 bits per heavy atom.